The van der Waals surface area contributed by atoms with Gasteiger partial charge in [-0.1, -0.05) is 771 Å². The van der Waals surface area contributed by atoms with Gasteiger partial charge in [0.05, 0.1) is 0 Å². The molecule has 1 unspecified atom stereocenters. The molecule has 786 valence electrons. The van der Waals surface area contributed by atoms with E-state index in [4.69, 9.17) is 0 Å². The molecule has 0 spiro atoms. The van der Waals surface area contributed by atoms with E-state index in [-0.39, 0.29) is 0 Å². The van der Waals surface area contributed by atoms with Gasteiger partial charge in [0, 0.05) is 0 Å². The Kier molecular flexibility index (Phi) is 209. The van der Waals surface area contributed by atoms with Crippen LogP contribution < -0.4 is 0 Å². The van der Waals surface area contributed by atoms with Gasteiger partial charge >= 0.3 is 0 Å². The molecule has 0 amide bonds. The van der Waals surface area contributed by atoms with Crippen molar-refractivity contribution in [2.24, 2.45) is 46.3 Å². The van der Waals surface area contributed by atoms with Crippen molar-refractivity contribution in [2.45, 2.75) is 778 Å². The Morgan fingerprint density at radius 2 is 0.286 bits per heavy atom. The molecule has 0 heteroatoms. The summed E-state index contributed by atoms with van der Waals surface area (Å²) in [6.45, 7) is 90.6. The fraction of sp³-hybridized carbons (Fsp3) is 1.00. The van der Waals surface area contributed by atoms with Crippen LogP contribution in [0.3, 0.4) is 0 Å². The van der Waals surface area contributed by atoms with Crippen LogP contribution in [0.5, 0.6) is 0 Å². The molecule has 0 aromatic rings. The number of hydrogen-bond donors (Lipinski definition) is 0. The highest BCUT2D eigenvalue weighted by Crippen LogP contribution is 2.33. The SMILES string of the molecule is CC(C)CC(C)(C)C.CCC(C)C.CCC(CC)(CC)CC.CCCC(C)C.CCCCC.CCCCC(C)C.CCCCCC.CCCCCCC.CCCCCCCC(C)C.CCCCCCCC(C)CC.CCCCCCCCC.CCCCCCCCC.CCCCCCCCCC.CCCCCCCCCCC.CCCCCCCCCCCCC. The largest absolute Gasteiger partial charge is 0.0654 e. The maximum atomic E-state index is 2.36. The van der Waals surface area contributed by atoms with Crippen molar-refractivity contribution in [1.82, 2.24) is 0 Å². The maximum absolute atomic E-state index is 2.36. The van der Waals surface area contributed by atoms with Gasteiger partial charge in [0.15, 0.2) is 0 Å². The zero-order chi connectivity index (χ0) is 99.6. The van der Waals surface area contributed by atoms with Gasteiger partial charge in [0.1, 0.15) is 0 Å². The number of hydrogen-bond acceptors (Lipinski definition) is 0. The molecule has 126 heavy (non-hydrogen) atoms. The second kappa shape index (κ2) is 165. The normalized spacial score (nSPS) is 10.6. The molecule has 0 bridgehead atoms. The number of rotatable bonds is 70. The van der Waals surface area contributed by atoms with Crippen molar-refractivity contribution in [1.29, 1.82) is 0 Å². The first kappa shape index (κ1) is 160. The topological polar surface area (TPSA) is 0 Å². The minimum Gasteiger partial charge on any atom is -0.0654 e. The molecule has 0 aliphatic carbocycles. The van der Waals surface area contributed by atoms with Crippen molar-refractivity contribution in [3.63, 3.8) is 0 Å². The van der Waals surface area contributed by atoms with Crippen LogP contribution in [0.2, 0.25) is 0 Å². The molecule has 0 fully saturated rings. The minimum absolute atomic E-state index is 0.522. The Hall–Kier alpha value is 0. The van der Waals surface area contributed by atoms with E-state index in [1.54, 1.807) is 0 Å². The molecule has 0 aliphatic heterocycles. The summed E-state index contributed by atoms with van der Waals surface area (Å²) in [5.74, 6) is 5.39. The summed E-state index contributed by atoms with van der Waals surface area (Å²) in [5, 5.41) is 0. The van der Waals surface area contributed by atoms with E-state index in [0.717, 1.165) is 35.5 Å². The van der Waals surface area contributed by atoms with Crippen molar-refractivity contribution >= 4 is 0 Å². The van der Waals surface area contributed by atoms with Crippen LogP contribution >= 0.6 is 0 Å². The summed E-state index contributed by atoms with van der Waals surface area (Å²) in [6, 6.07) is 0. The molecule has 0 rings (SSSR count). The predicted molar refractivity (Wildman–Crippen MR) is 613 cm³/mol. The fourth-order valence-corrected chi connectivity index (χ4v) is 14.3. The summed E-state index contributed by atoms with van der Waals surface area (Å²) in [7, 11) is 0. The molecule has 0 aliphatic rings. The van der Waals surface area contributed by atoms with Crippen LogP contribution in [-0.4, -0.2) is 0 Å². The first-order chi connectivity index (χ1) is 60.4. The highest BCUT2D eigenvalue weighted by atomic mass is 14.3. The lowest BCUT2D eigenvalue weighted by Gasteiger charge is -2.28. The van der Waals surface area contributed by atoms with Crippen molar-refractivity contribution in [3.8, 4) is 0 Å². The van der Waals surface area contributed by atoms with Gasteiger partial charge in [-0.15, -0.1) is 0 Å². The average Bonchev–Trinajstić information content (AvgIpc) is 0.915. The van der Waals surface area contributed by atoms with Crippen LogP contribution in [0.4, 0.5) is 0 Å². The summed E-state index contributed by atoms with van der Waals surface area (Å²) >= 11 is 0. The van der Waals surface area contributed by atoms with Crippen molar-refractivity contribution in [3.05, 3.63) is 0 Å². The Labute approximate surface area is 818 Å². The molecule has 0 heterocycles. The van der Waals surface area contributed by atoms with E-state index in [2.05, 4.69) is 277 Å². The lowest BCUT2D eigenvalue weighted by Crippen LogP contribution is -2.15. The third-order valence-corrected chi connectivity index (χ3v) is 24.4. The summed E-state index contributed by atoms with van der Waals surface area (Å²) in [6.07, 6.45) is 110. The third-order valence-electron chi connectivity index (χ3n) is 24.4. The molecule has 0 nitrogen and oxygen atoms in total. The van der Waals surface area contributed by atoms with E-state index < -0.39 is 0 Å². The molecule has 0 N–H and O–H groups in total. The first-order valence-electron chi connectivity index (χ1n) is 60.4. The van der Waals surface area contributed by atoms with Gasteiger partial charge in [-0.2, -0.15) is 0 Å². The smallest absolute Gasteiger partial charge is 0.0308 e. The Balaban J connectivity index is -0.0000000811. The molecule has 0 aromatic heterocycles. The average molecular weight is 1800 g/mol. The van der Waals surface area contributed by atoms with E-state index in [0.29, 0.717) is 10.8 Å². The Bertz CT molecular complexity index is 1350. The second-order valence-corrected chi connectivity index (χ2v) is 42.3. The van der Waals surface area contributed by atoms with Crippen molar-refractivity contribution < 1.29 is 0 Å². The van der Waals surface area contributed by atoms with E-state index >= 15 is 0 Å². The number of unbranched alkanes of at least 4 members (excludes halogenated alkanes) is 55. The van der Waals surface area contributed by atoms with Crippen LogP contribution in [-0.2, 0) is 0 Å². The van der Waals surface area contributed by atoms with Gasteiger partial charge in [0.2, 0.25) is 0 Å². The predicted octanol–water partition coefficient (Wildman–Crippen LogP) is 51.7. The van der Waals surface area contributed by atoms with E-state index in [1.807, 2.05) is 0 Å². The third kappa shape index (κ3) is 242. The molecule has 0 aromatic carbocycles. The second-order valence-electron chi connectivity index (χ2n) is 42.3. The fourth-order valence-electron chi connectivity index (χ4n) is 14.3. The van der Waals surface area contributed by atoms with Gasteiger partial charge < -0.3 is 0 Å². The molecule has 0 radical (unpaired) electrons. The van der Waals surface area contributed by atoms with Crippen LogP contribution in [0.15, 0.2) is 0 Å². The van der Waals surface area contributed by atoms with Gasteiger partial charge in [-0.3, -0.25) is 0 Å². The zero-order valence-corrected chi connectivity index (χ0v) is 99.6. The Morgan fingerprint density at radius 1 is 0.135 bits per heavy atom. The van der Waals surface area contributed by atoms with Gasteiger partial charge in [0.25, 0.3) is 0 Å². The highest BCUT2D eigenvalue weighted by molar-refractivity contribution is 4.72. The van der Waals surface area contributed by atoms with Crippen LogP contribution in [0.25, 0.3) is 0 Å². The molecule has 0 saturated heterocycles. The summed E-state index contributed by atoms with van der Waals surface area (Å²) < 4.78 is 0. The zero-order valence-electron chi connectivity index (χ0n) is 99.6. The lowest BCUT2D eigenvalue weighted by atomic mass is 9.78. The van der Waals surface area contributed by atoms with Crippen LogP contribution in [0.1, 0.15) is 778 Å². The highest BCUT2D eigenvalue weighted by Gasteiger charge is 2.20. The monoisotopic (exact) mass is 1800 g/mol. The van der Waals surface area contributed by atoms with Gasteiger partial charge in [-0.25, -0.2) is 0 Å². The first-order valence-corrected chi connectivity index (χ1v) is 60.4. The molecule has 1 atom stereocenters. The quantitative estimate of drug-likeness (QED) is 0.0533. The molecular weight excluding hydrogens is 1510 g/mol. The molecule has 0 saturated carbocycles. The minimum atomic E-state index is 0.522. The van der Waals surface area contributed by atoms with Crippen molar-refractivity contribution in [2.75, 3.05) is 0 Å². The summed E-state index contributed by atoms with van der Waals surface area (Å²) in [4.78, 5) is 0. The Morgan fingerprint density at radius 3 is 0.381 bits per heavy atom. The maximum Gasteiger partial charge on any atom is -0.0308 e. The molecular formula is C126H282. The standard InChI is InChI=1S/C13H28.2C11H24.2C10H22.3C9H20.C8H18.2C7H16.2C6H14.2C5H12/c1-3-5-7-9-11-13-12-10-8-6-4-2;1-4-6-7-8-9-10-11(3)5-2;1-3-5-7-9-11-10-8-6-4-2;1-4-5-6-7-8-9-10(2)3;1-3-5-7-9-10-8-6-4-2;1-5-9(6-2,7-3)8-4;2*1-3-5-7-9-8-6-4-2;1-7(2)6-8(3,4)5;1-4-5-6-7(2)3;1-3-5-7-6-4-2;1-4-5-6(2)3;1-3-5-6-4-2;1-4-5(2)3;1-3-5-4-2/h3-13H2,1-2H3;11H,4-10H2,1-3H3;3-11H2,1-2H3;10H,4-9H2,1-3H3;3-10H2,1-2H3;5-8H2,1-4H3;2*3-9H2,1-2H3;7H,6H2,1-5H3;7H,4-6H2,1-3H3;3-7H2,1-2H3;6H,4-5H2,1-3H3;3-6H2,1-2H3;5H,4H2,1-3H3;3-5H2,1-2H3. The van der Waals surface area contributed by atoms with Gasteiger partial charge in [-0.05, 0) is 52.8 Å². The summed E-state index contributed by atoms with van der Waals surface area (Å²) in [5.41, 5.74) is 1.19. The lowest BCUT2D eigenvalue weighted by molar-refractivity contribution is 0.240. The van der Waals surface area contributed by atoms with E-state index in [9.17, 15) is 0 Å². The van der Waals surface area contributed by atoms with Crippen LogP contribution in [0, 0.1) is 46.3 Å². The van der Waals surface area contributed by atoms with E-state index in [1.165, 1.54) is 501 Å².